The Hall–Kier alpha value is -5.97. The summed E-state index contributed by atoms with van der Waals surface area (Å²) in [4.78, 5) is 63.0. The lowest BCUT2D eigenvalue weighted by atomic mass is 9.85. The maximum Gasteiger partial charge on any atom is 0.329 e. The number of anilines is 2. The highest BCUT2D eigenvalue weighted by Gasteiger charge is 2.39. The molecular formula is C46H56F2N12O5. The number of amides is 3. The first-order chi connectivity index (χ1) is 31.0. The number of halogens is 2. The summed E-state index contributed by atoms with van der Waals surface area (Å²) in [6.45, 7) is 14.4. The van der Waals surface area contributed by atoms with Crippen molar-refractivity contribution in [3.8, 4) is 11.8 Å². The van der Waals surface area contributed by atoms with Crippen LogP contribution >= 0.6 is 0 Å². The molecule has 1 saturated carbocycles. The lowest BCUT2D eigenvalue weighted by molar-refractivity contribution is -0.136. The Kier molecular flexibility index (Phi) is 11.9. The van der Waals surface area contributed by atoms with Gasteiger partial charge < -0.3 is 19.9 Å². The molecule has 9 rings (SSSR count). The normalized spacial score (nSPS) is 22.9. The Bertz CT molecular complexity index is 2750. The van der Waals surface area contributed by atoms with E-state index in [1.54, 1.807) is 17.9 Å². The molecule has 65 heavy (non-hydrogen) atoms. The van der Waals surface area contributed by atoms with Crippen LogP contribution in [0, 0.1) is 17.8 Å². The Morgan fingerprint density at radius 1 is 0.985 bits per heavy atom. The molecule has 1 aromatic carbocycles. The molecule has 0 bridgehead atoms. The summed E-state index contributed by atoms with van der Waals surface area (Å²) >= 11 is 0. The summed E-state index contributed by atoms with van der Waals surface area (Å²) in [7, 11) is 1.67. The molecule has 0 spiro atoms. The first kappa shape index (κ1) is 44.2. The van der Waals surface area contributed by atoms with E-state index in [0.717, 1.165) is 58.4 Å². The largest absolute Gasteiger partial charge is 0.366 e. The van der Waals surface area contributed by atoms with Crippen LogP contribution in [-0.4, -0.2) is 125 Å². The van der Waals surface area contributed by atoms with E-state index in [-0.39, 0.29) is 41.7 Å². The molecule has 3 amide bonds. The number of aromatic nitrogens is 7. The molecule has 1 aliphatic carbocycles. The number of rotatable bonds is 9. The van der Waals surface area contributed by atoms with Crippen LogP contribution in [0.5, 0.6) is 0 Å². The number of alkyl halides is 2. The van der Waals surface area contributed by atoms with Gasteiger partial charge in [0.25, 0.3) is 12.3 Å². The number of nitrogens with zero attached hydrogens (tertiary/aromatic N) is 10. The number of aryl methyl sites for hydroxylation is 1. The quantitative estimate of drug-likeness (QED) is 0.158. The van der Waals surface area contributed by atoms with Gasteiger partial charge in [-0.1, -0.05) is 17.9 Å². The van der Waals surface area contributed by atoms with Crippen molar-refractivity contribution in [1.29, 1.82) is 0 Å². The number of carbonyl (C=O) groups excluding carboxylic acids is 3. The number of fused-ring (bicyclic) bond motifs is 2. The second-order valence-electron chi connectivity index (χ2n) is 19.2. The van der Waals surface area contributed by atoms with E-state index in [4.69, 9.17) is 9.72 Å². The van der Waals surface area contributed by atoms with Crippen molar-refractivity contribution in [2.75, 3.05) is 62.6 Å². The Balaban J connectivity index is 0.775. The molecule has 17 nitrogen and oxygen atoms in total. The van der Waals surface area contributed by atoms with Crippen LogP contribution in [0.3, 0.4) is 0 Å². The van der Waals surface area contributed by atoms with Gasteiger partial charge in [0.05, 0.1) is 52.3 Å². The fourth-order valence-corrected chi connectivity index (χ4v) is 10.3. The highest BCUT2D eigenvalue weighted by Crippen LogP contribution is 2.36. The predicted octanol–water partition coefficient (Wildman–Crippen LogP) is 4.54. The minimum Gasteiger partial charge on any atom is -0.366 e. The molecule has 1 unspecified atom stereocenters. The number of carbonyl (C=O) groups is 3. The molecule has 344 valence electrons. The van der Waals surface area contributed by atoms with Crippen LogP contribution in [-0.2, 0) is 21.4 Å². The van der Waals surface area contributed by atoms with E-state index in [2.05, 4.69) is 47.4 Å². The molecule has 4 fully saturated rings. The molecule has 3 saturated heterocycles. The van der Waals surface area contributed by atoms with Crippen LogP contribution in [0.15, 0.2) is 47.7 Å². The molecule has 4 aromatic heterocycles. The number of benzene rings is 1. The fourth-order valence-electron chi connectivity index (χ4n) is 10.3. The van der Waals surface area contributed by atoms with Crippen molar-refractivity contribution < 1.29 is 27.9 Å². The lowest BCUT2D eigenvalue weighted by Crippen LogP contribution is -2.57. The maximum atomic E-state index is 14.4. The van der Waals surface area contributed by atoms with Crippen molar-refractivity contribution in [3.05, 3.63) is 70.2 Å². The van der Waals surface area contributed by atoms with Crippen molar-refractivity contribution >= 4 is 45.9 Å². The van der Waals surface area contributed by atoms with Crippen LogP contribution < -0.4 is 21.2 Å². The smallest absolute Gasteiger partial charge is 0.329 e. The molecule has 3 aliphatic heterocycles. The van der Waals surface area contributed by atoms with E-state index in [9.17, 15) is 28.0 Å². The third-order valence-corrected chi connectivity index (χ3v) is 13.2. The number of ether oxygens (including phenoxy) is 1. The van der Waals surface area contributed by atoms with Crippen molar-refractivity contribution in [3.63, 3.8) is 0 Å². The molecule has 4 aliphatic rings. The number of piperazine rings is 1. The van der Waals surface area contributed by atoms with Crippen molar-refractivity contribution in [2.45, 2.75) is 95.9 Å². The number of para-hydroxylation sites is 1. The first-order valence-corrected chi connectivity index (χ1v) is 22.5. The molecule has 0 radical (unpaired) electrons. The van der Waals surface area contributed by atoms with Gasteiger partial charge in [0.1, 0.15) is 17.4 Å². The zero-order chi connectivity index (χ0) is 45.8. The number of hydrogen-bond donors (Lipinski definition) is 2. The zero-order valence-electron chi connectivity index (χ0n) is 37.5. The molecule has 1 atom stereocenters. The number of imide groups is 1. The second-order valence-corrected chi connectivity index (χ2v) is 19.2. The molecule has 5 aromatic rings. The summed E-state index contributed by atoms with van der Waals surface area (Å²) in [5.74, 6) is 6.33. The Morgan fingerprint density at radius 3 is 2.42 bits per heavy atom. The second kappa shape index (κ2) is 17.4. The first-order valence-electron chi connectivity index (χ1n) is 22.5. The minimum atomic E-state index is -2.88. The van der Waals surface area contributed by atoms with Gasteiger partial charge in [-0.2, -0.15) is 10.2 Å². The summed E-state index contributed by atoms with van der Waals surface area (Å²) in [5.41, 5.74) is 0.838. The van der Waals surface area contributed by atoms with Gasteiger partial charge >= 0.3 is 5.69 Å². The fraction of sp³-hybridized carbons (Fsp3) is 0.543. The van der Waals surface area contributed by atoms with Crippen molar-refractivity contribution in [1.82, 2.24) is 48.6 Å². The summed E-state index contributed by atoms with van der Waals surface area (Å²) in [6.07, 6.45) is 5.72. The minimum absolute atomic E-state index is 0.0200. The Labute approximate surface area is 375 Å². The highest BCUT2D eigenvalue weighted by molar-refractivity contribution is 6.08. The van der Waals surface area contributed by atoms with Gasteiger partial charge in [0.2, 0.25) is 11.8 Å². The van der Waals surface area contributed by atoms with E-state index in [1.807, 2.05) is 52.0 Å². The van der Waals surface area contributed by atoms with E-state index < -0.39 is 41.2 Å². The average Bonchev–Trinajstić information content (AvgIpc) is 3.95. The van der Waals surface area contributed by atoms with Crippen molar-refractivity contribution in [2.24, 2.45) is 13.0 Å². The van der Waals surface area contributed by atoms with Gasteiger partial charge in [-0.05, 0) is 83.9 Å². The Morgan fingerprint density at radius 2 is 1.71 bits per heavy atom. The number of piperidine rings is 1. The number of morpholine rings is 1. The number of hydrogen-bond acceptors (Lipinski definition) is 11. The van der Waals surface area contributed by atoms with Gasteiger partial charge in [-0.3, -0.25) is 38.4 Å². The van der Waals surface area contributed by atoms with Gasteiger partial charge in [0.15, 0.2) is 11.3 Å². The molecule has 2 N–H and O–H groups in total. The van der Waals surface area contributed by atoms with Gasteiger partial charge in [0, 0.05) is 71.7 Å². The third-order valence-electron chi connectivity index (χ3n) is 13.2. The topological polar surface area (TPSA) is 169 Å². The van der Waals surface area contributed by atoms with E-state index in [0.29, 0.717) is 53.6 Å². The summed E-state index contributed by atoms with van der Waals surface area (Å²) < 4.78 is 41.1. The maximum absolute atomic E-state index is 14.4. The van der Waals surface area contributed by atoms with Crippen LogP contribution in [0.4, 0.5) is 20.3 Å². The zero-order valence-corrected chi connectivity index (χ0v) is 37.5. The summed E-state index contributed by atoms with van der Waals surface area (Å²) in [6, 6.07) is 6.55. The number of nitrogens with one attached hydrogen (secondary N) is 2. The predicted molar refractivity (Wildman–Crippen MR) is 239 cm³/mol. The van der Waals surface area contributed by atoms with Gasteiger partial charge in [-0.15, -0.1) is 0 Å². The molecular weight excluding hydrogens is 839 g/mol. The standard InChI is InChI=1S/C46H56F2N12O5/c1-45(2)27-57(28-46(3,4)65-45)36-17-19-58-41(51-36)32(24-49-58)42(62)50-33-26-59(53-38(33)40(47)48)31-13-11-29(12-14-31)25-56-22-20-55(21-23-56)18-7-9-30-8-6-10-34-39(30)54(5)44(64)60(34)35-15-16-37(61)52-43(35)63/h6,8,10,17,19,24,26,29,31,35,40H,11-16,18,20-23,25,27-28H2,1-5H3,(H,50,62)(H,52,61,63). The SMILES string of the molecule is Cn1c(=O)n(C2CCC(=O)NC2=O)c2cccc(C#CCN3CCN(CC4CCC(n5cc(NC(=O)c6cnn7ccc(N8CC(C)(C)OC(C)(C)C8)nc67)c(C(F)F)n5)CC4)CC3)c21. The average molecular weight is 895 g/mol. The van der Waals surface area contributed by atoms with Crippen LogP contribution in [0.2, 0.25) is 0 Å². The van der Waals surface area contributed by atoms with E-state index >= 15 is 0 Å². The molecule has 7 heterocycles. The third kappa shape index (κ3) is 9.16. The number of imidazole rings is 1. The lowest BCUT2D eigenvalue weighted by Gasteiger charge is -2.47. The van der Waals surface area contributed by atoms with Gasteiger partial charge in [-0.25, -0.2) is 23.1 Å². The van der Waals surface area contributed by atoms with Crippen LogP contribution in [0.1, 0.15) is 106 Å². The van der Waals surface area contributed by atoms with Crippen LogP contribution in [0.25, 0.3) is 16.7 Å². The molecule has 19 heteroatoms. The van der Waals surface area contributed by atoms with E-state index in [1.165, 1.54) is 26.0 Å². The summed E-state index contributed by atoms with van der Waals surface area (Å²) in [5, 5.41) is 13.7. The monoisotopic (exact) mass is 894 g/mol. The highest BCUT2D eigenvalue weighted by atomic mass is 19.3.